The first-order valence-corrected chi connectivity index (χ1v) is 6.86. The molecule has 1 rings (SSSR count). The summed E-state index contributed by atoms with van der Waals surface area (Å²) in [6.45, 7) is 5.59. The molecular weight excluding hydrogens is 228 g/mol. The van der Waals surface area contributed by atoms with Gasteiger partial charge >= 0.3 is 0 Å². The van der Waals surface area contributed by atoms with Gasteiger partial charge in [-0.25, -0.2) is 0 Å². The molecule has 0 heterocycles. The molecule has 0 aromatic heterocycles. The lowest BCUT2D eigenvalue weighted by molar-refractivity contribution is -0.130. The maximum Gasteiger partial charge on any atom is 0.223 e. The Hall–Kier alpha value is -1.22. The molecule has 1 saturated carbocycles. The van der Waals surface area contributed by atoms with Gasteiger partial charge in [0.15, 0.2) is 0 Å². The van der Waals surface area contributed by atoms with Gasteiger partial charge in [0.05, 0.1) is 0 Å². The van der Waals surface area contributed by atoms with E-state index in [9.17, 15) is 4.79 Å². The Bertz CT molecular complexity index is 321. The van der Waals surface area contributed by atoms with E-state index in [4.69, 9.17) is 5.53 Å². The molecule has 5 heteroatoms. The molecule has 1 atom stereocenters. The molecule has 1 fully saturated rings. The van der Waals surface area contributed by atoms with Crippen LogP contribution in [0.2, 0.25) is 0 Å². The molecule has 0 aromatic carbocycles. The molecule has 0 aromatic rings. The minimum atomic E-state index is 0.132. The van der Waals surface area contributed by atoms with Crippen LogP contribution in [0.15, 0.2) is 5.11 Å². The van der Waals surface area contributed by atoms with Crippen LogP contribution in [0.5, 0.6) is 0 Å². The molecule has 1 aliphatic carbocycles. The van der Waals surface area contributed by atoms with Crippen LogP contribution in [0.25, 0.3) is 10.4 Å². The number of nitrogens with zero attached hydrogens (tertiary/aromatic N) is 3. The molecule has 0 aliphatic heterocycles. The lowest BCUT2D eigenvalue weighted by Gasteiger charge is -2.37. The van der Waals surface area contributed by atoms with Crippen LogP contribution in [0.4, 0.5) is 0 Å². The summed E-state index contributed by atoms with van der Waals surface area (Å²) in [6.07, 6.45) is 6.26. The fourth-order valence-electron chi connectivity index (χ4n) is 2.67. The number of carbonyl (C=O) groups excluding carboxylic acids is 1. The van der Waals surface area contributed by atoms with Crippen molar-refractivity contribution in [3.05, 3.63) is 10.4 Å². The average molecular weight is 252 g/mol. The Labute approximate surface area is 109 Å². The first-order chi connectivity index (χ1) is 8.58. The van der Waals surface area contributed by atoms with Crippen LogP contribution < -0.4 is 5.32 Å². The Morgan fingerprint density at radius 3 is 2.89 bits per heavy atom. The SMILES string of the molecule is CC1(C)CCCCC1C(=O)NCCCCN=[N+]=[N-]. The first-order valence-electron chi connectivity index (χ1n) is 6.86. The van der Waals surface area contributed by atoms with Crippen molar-refractivity contribution in [3.8, 4) is 0 Å². The molecule has 1 aliphatic rings. The normalized spacial score (nSPS) is 22.0. The lowest BCUT2D eigenvalue weighted by Crippen LogP contribution is -2.41. The van der Waals surface area contributed by atoms with Crippen molar-refractivity contribution in [2.45, 2.75) is 52.4 Å². The topological polar surface area (TPSA) is 77.9 Å². The molecule has 1 N–H and O–H groups in total. The largest absolute Gasteiger partial charge is 0.356 e. The minimum absolute atomic E-state index is 0.132. The monoisotopic (exact) mass is 252 g/mol. The van der Waals surface area contributed by atoms with Crippen molar-refractivity contribution in [1.29, 1.82) is 0 Å². The number of unbranched alkanes of at least 4 members (excludes halogenated alkanes) is 1. The van der Waals surface area contributed by atoms with Crippen LogP contribution >= 0.6 is 0 Å². The highest BCUT2D eigenvalue weighted by Crippen LogP contribution is 2.40. The van der Waals surface area contributed by atoms with Crippen LogP contribution in [0.3, 0.4) is 0 Å². The molecule has 0 radical (unpaired) electrons. The zero-order valence-electron chi connectivity index (χ0n) is 11.5. The zero-order valence-corrected chi connectivity index (χ0v) is 11.5. The number of carbonyl (C=O) groups is 1. The standard InChI is InChI=1S/C13H24N4O/c1-13(2)8-4-3-7-11(13)12(18)15-9-5-6-10-16-17-14/h11H,3-10H2,1-2H3,(H,15,18). The molecule has 102 valence electrons. The summed E-state index contributed by atoms with van der Waals surface area (Å²) >= 11 is 0. The van der Waals surface area contributed by atoms with Crippen molar-refractivity contribution in [3.63, 3.8) is 0 Å². The van der Waals surface area contributed by atoms with E-state index in [2.05, 4.69) is 29.2 Å². The molecular formula is C13H24N4O. The maximum absolute atomic E-state index is 12.1. The number of azide groups is 1. The molecule has 0 bridgehead atoms. The summed E-state index contributed by atoms with van der Waals surface area (Å²) in [5.74, 6) is 0.354. The number of rotatable bonds is 6. The second-order valence-electron chi connectivity index (χ2n) is 5.74. The van der Waals surface area contributed by atoms with Crippen LogP contribution in [-0.4, -0.2) is 19.0 Å². The predicted molar refractivity (Wildman–Crippen MR) is 72.0 cm³/mol. The van der Waals surface area contributed by atoms with E-state index in [1.54, 1.807) is 0 Å². The van der Waals surface area contributed by atoms with Gasteiger partial charge in [-0.2, -0.15) is 0 Å². The quantitative estimate of drug-likeness (QED) is 0.334. The summed E-state index contributed by atoms with van der Waals surface area (Å²) in [7, 11) is 0. The van der Waals surface area contributed by atoms with Crippen molar-refractivity contribution >= 4 is 5.91 Å². The maximum atomic E-state index is 12.1. The fraction of sp³-hybridized carbons (Fsp3) is 0.923. The van der Waals surface area contributed by atoms with Gasteiger partial charge in [0.1, 0.15) is 0 Å². The highest BCUT2D eigenvalue weighted by atomic mass is 16.1. The van der Waals surface area contributed by atoms with Gasteiger partial charge in [-0.05, 0) is 36.6 Å². The van der Waals surface area contributed by atoms with Crippen molar-refractivity contribution < 1.29 is 4.79 Å². The molecule has 1 amide bonds. The minimum Gasteiger partial charge on any atom is -0.356 e. The van der Waals surface area contributed by atoms with E-state index in [0.29, 0.717) is 13.1 Å². The molecule has 0 spiro atoms. The average Bonchev–Trinajstić information content (AvgIpc) is 2.32. The molecule has 18 heavy (non-hydrogen) atoms. The smallest absolute Gasteiger partial charge is 0.223 e. The van der Waals surface area contributed by atoms with Gasteiger partial charge in [-0.3, -0.25) is 4.79 Å². The Kier molecular flexibility index (Phi) is 5.99. The Morgan fingerprint density at radius 1 is 1.44 bits per heavy atom. The van der Waals surface area contributed by atoms with Crippen LogP contribution in [0, 0.1) is 11.3 Å². The van der Waals surface area contributed by atoms with E-state index in [0.717, 1.165) is 25.7 Å². The summed E-state index contributed by atoms with van der Waals surface area (Å²) < 4.78 is 0. The Balaban J connectivity index is 2.25. The van der Waals surface area contributed by atoms with Gasteiger partial charge in [0, 0.05) is 23.9 Å². The second-order valence-corrected chi connectivity index (χ2v) is 5.74. The van der Waals surface area contributed by atoms with Gasteiger partial charge in [0.2, 0.25) is 5.91 Å². The zero-order chi connectivity index (χ0) is 13.4. The molecule has 0 saturated heterocycles. The number of hydrogen-bond donors (Lipinski definition) is 1. The summed E-state index contributed by atoms with van der Waals surface area (Å²) in [5, 5.41) is 6.48. The van der Waals surface area contributed by atoms with E-state index < -0.39 is 0 Å². The number of hydrogen-bond acceptors (Lipinski definition) is 2. The van der Waals surface area contributed by atoms with E-state index in [1.165, 1.54) is 12.8 Å². The lowest BCUT2D eigenvalue weighted by atomic mass is 9.68. The number of nitrogens with one attached hydrogen (secondary N) is 1. The highest BCUT2D eigenvalue weighted by molar-refractivity contribution is 5.79. The number of amides is 1. The van der Waals surface area contributed by atoms with Crippen LogP contribution in [0.1, 0.15) is 52.4 Å². The first kappa shape index (κ1) is 14.8. The van der Waals surface area contributed by atoms with E-state index in [-0.39, 0.29) is 17.2 Å². The van der Waals surface area contributed by atoms with E-state index in [1.807, 2.05) is 0 Å². The van der Waals surface area contributed by atoms with Crippen molar-refractivity contribution in [2.75, 3.05) is 13.1 Å². The van der Waals surface area contributed by atoms with Gasteiger partial charge in [-0.1, -0.05) is 31.8 Å². The van der Waals surface area contributed by atoms with Crippen molar-refractivity contribution in [2.24, 2.45) is 16.4 Å². The third-order valence-electron chi connectivity index (χ3n) is 3.87. The highest BCUT2D eigenvalue weighted by Gasteiger charge is 2.36. The third-order valence-corrected chi connectivity index (χ3v) is 3.87. The van der Waals surface area contributed by atoms with Gasteiger partial charge in [-0.15, -0.1) is 0 Å². The predicted octanol–water partition coefficient (Wildman–Crippen LogP) is 3.41. The summed E-state index contributed by atoms with van der Waals surface area (Å²) in [6, 6.07) is 0. The second kappa shape index (κ2) is 7.27. The van der Waals surface area contributed by atoms with E-state index >= 15 is 0 Å². The molecule has 5 nitrogen and oxygen atoms in total. The Morgan fingerprint density at radius 2 is 2.22 bits per heavy atom. The molecule has 1 unspecified atom stereocenters. The van der Waals surface area contributed by atoms with Gasteiger partial charge in [0.25, 0.3) is 0 Å². The summed E-state index contributed by atoms with van der Waals surface area (Å²) in [4.78, 5) is 14.8. The third kappa shape index (κ3) is 4.57. The van der Waals surface area contributed by atoms with Crippen LogP contribution in [-0.2, 0) is 4.79 Å². The fourth-order valence-corrected chi connectivity index (χ4v) is 2.67. The van der Waals surface area contributed by atoms with Gasteiger partial charge < -0.3 is 5.32 Å². The summed E-state index contributed by atoms with van der Waals surface area (Å²) in [5.41, 5.74) is 8.26. The van der Waals surface area contributed by atoms with Crippen molar-refractivity contribution in [1.82, 2.24) is 5.32 Å².